The first-order chi connectivity index (χ1) is 7.34. The van der Waals surface area contributed by atoms with Crippen molar-refractivity contribution in [3.63, 3.8) is 0 Å². The second-order valence-electron chi connectivity index (χ2n) is 3.17. The van der Waals surface area contributed by atoms with Crippen molar-refractivity contribution in [1.29, 1.82) is 0 Å². The van der Waals surface area contributed by atoms with E-state index in [1.807, 2.05) is 19.2 Å². The number of aromatic nitrogens is 6. The number of nitrogens with zero attached hydrogens (tertiary/aromatic N) is 6. The monoisotopic (exact) mass is 200 g/mol. The van der Waals surface area contributed by atoms with E-state index in [0.29, 0.717) is 5.82 Å². The Labute approximate surface area is 85.2 Å². The molecule has 3 rings (SSSR count). The van der Waals surface area contributed by atoms with Crippen molar-refractivity contribution in [2.45, 2.75) is 0 Å². The van der Waals surface area contributed by atoms with Gasteiger partial charge in [-0.15, -0.1) is 5.10 Å². The Bertz CT molecular complexity index is 593. The van der Waals surface area contributed by atoms with Gasteiger partial charge in [0.15, 0.2) is 5.82 Å². The van der Waals surface area contributed by atoms with Gasteiger partial charge in [0, 0.05) is 25.0 Å². The van der Waals surface area contributed by atoms with Gasteiger partial charge in [-0.2, -0.15) is 14.6 Å². The molecule has 3 aromatic rings. The molecule has 0 spiro atoms. The summed E-state index contributed by atoms with van der Waals surface area (Å²) in [5.41, 5.74) is 0.953. The molecule has 0 N–H and O–H groups in total. The minimum Gasteiger partial charge on any atom is -0.265 e. The van der Waals surface area contributed by atoms with Crippen LogP contribution in [0.2, 0.25) is 0 Å². The summed E-state index contributed by atoms with van der Waals surface area (Å²) in [7, 11) is 1.83. The van der Waals surface area contributed by atoms with Gasteiger partial charge in [-0.1, -0.05) is 0 Å². The molecule has 0 amide bonds. The van der Waals surface area contributed by atoms with Gasteiger partial charge in [-0.05, 0) is 12.1 Å². The maximum atomic E-state index is 4.37. The van der Waals surface area contributed by atoms with Crippen molar-refractivity contribution in [2.75, 3.05) is 0 Å². The zero-order valence-electron chi connectivity index (χ0n) is 8.07. The van der Waals surface area contributed by atoms with Crippen LogP contribution in [0.15, 0.2) is 30.9 Å². The molecule has 0 radical (unpaired) electrons. The number of hydrogen-bond donors (Lipinski definition) is 0. The molecule has 0 bridgehead atoms. The Morgan fingerprint density at radius 3 is 2.73 bits per heavy atom. The van der Waals surface area contributed by atoms with Crippen LogP contribution in [-0.2, 0) is 7.05 Å². The normalized spacial score (nSPS) is 11.0. The van der Waals surface area contributed by atoms with E-state index < -0.39 is 0 Å². The topological polar surface area (TPSA) is 60.9 Å². The summed E-state index contributed by atoms with van der Waals surface area (Å²) in [6, 6.07) is 3.75. The van der Waals surface area contributed by atoms with Crippen LogP contribution in [0.3, 0.4) is 0 Å². The van der Waals surface area contributed by atoms with Crippen molar-refractivity contribution in [1.82, 2.24) is 29.4 Å². The van der Waals surface area contributed by atoms with Gasteiger partial charge in [0.25, 0.3) is 5.78 Å². The lowest BCUT2D eigenvalue weighted by atomic mass is 10.3. The standard InChI is InChI=1S/C9H8N6/c1-14-9-12-8(13-15(9)6-11-14)7-2-4-10-5-3-7/h2-6H,1H3. The summed E-state index contributed by atoms with van der Waals surface area (Å²) >= 11 is 0. The Morgan fingerprint density at radius 2 is 2.00 bits per heavy atom. The molecule has 3 aromatic heterocycles. The summed E-state index contributed by atoms with van der Waals surface area (Å²) < 4.78 is 3.33. The zero-order valence-corrected chi connectivity index (χ0v) is 8.07. The molecule has 0 saturated carbocycles. The lowest BCUT2D eigenvalue weighted by Gasteiger charge is -1.91. The highest BCUT2D eigenvalue weighted by atomic mass is 15.5. The fourth-order valence-electron chi connectivity index (χ4n) is 1.41. The van der Waals surface area contributed by atoms with Crippen LogP contribution in [0.25, 0.3) is 17.2 Å². The van der Waals surface area contributed by atoms with Crippen molar-refractivity contribution >= 4 is 5.78 Å². The number of aryl methyl sites for hydroxylation is 1. The lowest BCUT2D eigenvalue weighted by Crippen LogP contribution is -1.90. The maximum absolute atomic E-state index is 4.37. The first-order valence-electron chi connectivity index (χ1n) is 4.49. The molecule has 74 valence electrons. The largest absolute Gasteiger partial charge is 0.265 e. The van der Waals surface area contributed by atoms with E-state index >= 15 is 0 Å². The molecule has 6 nitrogen and oxygen atoms in total. The molecule has 3 heterocycles. The first kappa shape index (κ1) is 8.10. The molecule has 15 heavy (non-hydrogen) atoms. The van der Waals surface area contributed by atoms with Crippen LogP contribution >= 0.6 is 0 Å². The second kappa shape index (κ2) is 2.88. The van der Waals surface area contributed by atoms with Crippen LogP contribution in [0.1, 0.15) is 0 Å². The third kappa shape index (κ3) is 1.18. The highest BCUT2D eigenvalue weighted by Gasteiger charge is 2.08. The van der Waals surface area contributed by atoms with E-state index in [1.165, 1.54) is 0 Å². The van der Waals surface area contributed by atoms with Crippen LogP contribution in [-0.4, -0.2) is 29.4 Å². The Kier molecular flexibility index (Phi) is 1.55. The van der Waals surface area contributed by atoms with Crippen LogP contribution in [0.5, 0.6) is 0 Å². The van der Waals surface area contributed by atoms with Crippen molar-refractivity contribution in [3.05, 3.63) is 30.9 Å². The van der Waals surface area contributed by atoms with E-state index in [0.717, 1.165) is 11.3 Å². The highest BCUT2D eigenvalue weighted by molar-refractivity contribution is 5.55. The molecule has 6 heteroatoms. The predicted octanol–water partition coefficient (Wildman–Crippen LogP) is 0.525. The van der Waals surface area contributed by atoms with Gasteiger partial charge in [0.1, 0.15) is 6.33 Å². The fraction of sp³-hybridized carbons (Fsp3) is 0.111. The summed E-state index contributed by atoms with van der Waals surface area (Å²) in [5, 5.41) is 8.33. The molecule has 0 aliphatic heterocycles. The predicted molar refractivity (Wildman–Crippen MR) is 53.0 cm³/mol. The number of fused-ring (bicyclic) bond motifs is 1. The summed E-state index contributed by atoms with van der Waals surface area (Å²) in [4.78, 5) is 8.32. The molecular weight excluding hydrogens is 192 g/mol. The van der Waals surface area contributed by atoms with E-state index in [2.05, 4.69) is 20.2 Å². The minimum absolute atomic E-state index is 0.686. The smallest absolute Gasteiger partial charge is 0.250 e. The van der Waals surface area contributed by atoms with Crippen LogP contribution in [0.4, 0.5) is 0 Å². The SMILES string of the molecule is Cn1ncn2nc(-c3ccncc3)nc12. The van der Waals surface area contributed by atoms with Crippen LogP contribution < -0.4 is 0 Å². The molecule has 0 aromatic carbocycles. The van der Waals surface area contributed by atoms with Gasteiger partial charge >= 0.3 is 0 Å². The first-order valence-corrected chi connectivity index (χ1v) is 4.49. The Hall–Kier alpha value is -2.24. The third-order valence-electron chi connectivity index (χ3n) is 2.18. The quantitative estimate of drug-likeness (QED) is 0.574. The van der Waals surface area contributed by atoms with Crippen molar-refractivity contribution < 1.29 is 0 Å². The number of hydrogen-bond acceptors (Lipinski definition) is 4. The molecule has 0 unspecified atom stereocenters. The van der Waals surface area contributed by atoms with Crippen LogP contribution in [0, 0.1) is 0 Å². The summed E-state index contributed by atoms with van der Waals surface area (Å²) in [6.45, 7) is 0. The molecule has 0 aliphatic carbocycles. The van der Waals surface area contributed by atoms with Crippen molar-refractivity contribution in [3.8, 4) is 11.4 Å². The fourth-order valence-corrected chi connectivity index (χ4v) is 1.41. The lowest BCUT2D eigenvalue weighted by molar-refractivity contribution is 0.786. The maximum Gasteiger partial charge on any atom is 0.250 e. The Balaban J connectivity index is 2.20. The molecule has 0 aliphatic rings. The zero-order chi connectivity index (χ0) is 10.3. The second-order valence-corrected chi connectivity index (χ2v) is 3.17. The highest BCUT2D eigenvalue weighted by Crippen LogP contribution is 2.13. The average molecular weight is 200 g/mol. The summed E-state index contributed by atoms with van der Waals surface area (Å²) in [6.07, 6.45) is 5.07. The molecular formula is C9H8N6. The Morgan fingerprint density at radius 1 is 1.20 bits per heavy atom. The van der Waals surface area contributed by atoms with Gasteiger partial charge in [-0.3, -0.25) is 4.98 Å². The van der Waals surface area contributed by atoms with Gasteiger partial charge in [0.2, 0.25) is 0 Å². The van der Waals surface area contributed by atoms with Crippen molar-refractivity contribution in [2.24, 2.45) is 7.05 Å². The average Bonchev–Trinajstić information content (AvgIpc) is 2.83. The molecule has 0 atom stereocenters. The van der Waals surface area contributed by atoms with E-state index in [1.54, 1.807) is 27.9 Å². The number of pyridine rings is 1. The summed E-state index contributed by atoms with van der Waals surface area (Å²) in [5.74, 6) is 1.41. The van der Waals surface area contributed by atoms with E-state index in [4.69, 9.17) is 0 Å². The van der Waals surface area contributed by atoms with Gasteiger partial charge in [-0.25, -0.2) is 4.68 Å². The van der Waals surface area contributed by atoms with E-state index in [-0.39, 0.29) is 0 Å². The number of rotatable bonds is 1. The van der Waals surface area contributed by atoms with Gasteiger partial charge < -0.3 is 0 Å². The molecule has 0 fully saturated rings. The van der Waals surface area contributed by atoms with E-state index in [9.17, 15) is 0 Å². The minimum atomic E-state index is 0.686. The molecule has 0 saturated heterocycles. The third-order valence-corrected chi connectivity index (χ3v) is 2.18. The van der Waals surface area contributed by atoms with Gasteiger partial charge in [0.05, 0.1) is 0 Å².